The lowest BCUT2D eigenvalue weighted by Gasteiger charge is -2.16. The van der Waals surface area contributed by atoms with E-state index in [1.165, 1.54) is 0 Å². The summed E-state index contributed by atoms with van der Waals surface area (Å²) >= 11 is 0. The molecule has 0 aromatic rings. The lowest BCUT2D eigenvalue weighted by Crippen LogP contribution is -2.31. The van der Waals surface area contributed by atoms with Crippen LogP contribution in [0.25, 0.3) is 0 Å². The van der Waals surface area contributed by atoms with E-state index in [1.54, 1.807) is 0 Å². The maximum Gasteiger partial charge on any atom is 0.414 e. The molecule has 0 rings (SSSR count). The third-order valence-electron chi connectivity index (χ3n) is 1.53. The van der Waals surface area contributed by atoms with Crippen molar-refractivity contribution in [2.45, 2.75) is 32.5 Å². The van der Waals surface area contributed by atoms with Gasteiger partial charge in [0.2, 0.25) is 0 Å². The Morgan fingerprint density at radius 2 is 1.92 bits per heavy atom. The van der Waals surface area contributed by atoms with Crippen LogP contribution in [-0.4, -0.2) is 32.0 Å². The number of halogens is 3. The Morgan fingerprint density at radius 1 is 1.31 bits per heavy atom. The standard InChI is InChI=1S/C8H16F3NO/c1-3-4-12-5-6-13-7(2)8(9,10)11/h7,12H,3-6H2,1-2H3. The minimum absolute atomic E-state index is 0.0979. The monoisotopic (exact) mass is 199 g/mol. The summed E-state index contributed by atoms with van der Waals surface area (Å²) in [7, 11) is 0. The van der Waals surface area contributed by atoms with Gasteiger partial charge in [-0.3, -0.25) is 0 Å². The third-order valence-corrected chi connectivity index (χ3v) is 1.53. The first-order chi connectivity index (χ1) is 5.98. The summed E-state index contributed by atoms with van der Waals surface area (Å²) in [6, 6.07) is 0. The highest BCUT2D eigenvalue weighted by molar-refractivity contribution is 4.60. The van der Waals surface area contributed by atoms with Gasteiger partial charge in [0.1, 0.15) is 0 Å². The molecule has 0 saturated heterocycles. The number of hydrogen-bond donors (Lipinski definition) is 1. The van der Waals surface area contributed by atoms with Crippen molar-refractivity contribution in [1.29, 1.82) is 0 Å². The molecule has 1 unspecified atom stereocenters. The van der Waals surface area contributed by atoms with E-state index in [2.05, 4.69) is 10.1 Å². The van der Waals surface area contributed by atoms with Gasteiger partial charge >= 0.3 is 6.18 Å². The molecule has 5 heteroatoms. The Labute approximate surface area is 76.5 Å². The van der Waals surface area contributed by atoms with Crippen molar-refractivity contribution in [3.8, 4) is 0 Å². The van der Waals surface area contributed by atoms with E-state index in [0.29, 0.717) is 6.54 Å². The second-order valence-electron chi connectivity index (χ2n) is 2.80. The molecule has 2 nitrogen and oxygen atoms in total. The summed E-state index contributed by atoms with van der Waals surface area (Å²) in [6.45, 7) is 4.38. The van der Waals surface area contributed by atoms with Crippen LogP contribution in [0.2, 0.25) is 0 Å². The van der Waals surface area contributed by atoms with Crippen molar-refractivity contribution in [3.63, 3.8) is 0 Å². The number of rotatable bonds is 6. The SMILES string of the molecule is CCCNCCOC(C)C(F)(F)F. The Morgan fingerprint density at radius 3 is 2.38 bits per heavy atom. The minimum Gasteiger partial charge on any atom is -0.368 e. The molecule has 0 aromatic carbocycles. The number of alkyl halides is 3. The van der Waals surface area contributed by atoms with E-state index in [-0.39, 0.29) is 6.61 Å². The molecule has 80 valence electrons. The van der Waals surface area contributed by atoms with Gasteiger partial charge in [0.25, 0.3) is 0 Å². The molecule has 0 bridgehead atoms. The average Bonchev–Trinajstić information content (AvgIpc) is 2.02. The van der Waals surface area contributed by atoms with Gasteiger partial charge < -0.3 is 10.1 Å². The van der Waals surface area contributed by atoms with Gasteiger partial charge in [-0.1, -0.05) is 6.92 Å². The Kier molecular flexibility index (Phi) is 6.07. The Bertz CT molecular complexity index is 127. The molecule has 0 fully saturated rings. The molecule has 0 radical (unpaired) electrons. The van der Waals surface area contributed by atoms with E-state index < -0.39 is 12.3 Å². The van der Waals surface area contributed by atoms with Gasteiger partial charge in [-0.15, -0.1) is 0 Å². The number of ether oxygens (including phenoxy) is 1. The zero-order valence-corrected chi connectivity index (χ0v) is 7.95. The molecule has 0 saturated carbocycles. The first-order valence-electron chi connectivity index (χ1n) is 4.37. The van der Waals surface area contributed by atoms with Crippen molar-refractivity contribution < 1.29 is 17.9 Å². The molecule has 13 heavy (non-hydrogen) atoms. The quantitative estimate of drug-likeness (QED) is 0.660. The summed E-state index contributed by atoms with van der Waals surface area (Å²) in [4.78, 5) is 0. The molecule has 0 aromatic heterocycles. The fourth-order valence-electron chi connectivity index (χ4n) is 0.704. The summed E-state index contributed by atoms with van der Waals surface area (Å²) in [5, 5.41) is 2.95. The average molecular weight is 199 g/mol. The molecule has 1 atom stereocenters. The summed E-state index contributed by atoms with van der Waals surface area (Å²) in [6.07, 6.45) is -4.95. The van der Waals surface area contributed by atoms with Gasteiger partial charge in [-0.05, 0) is 19.9 Å². The Hall–Kier alpha value is -0.290. The van der Waals surface area contributed by atoms with Gasteiger partial charge in [0.05, 0.1) is 6.61 Å². The fraction of sp³-hybridized carbons (Fsp3) is 1.00. The lowest BCUT2D eigenvalue weighted by atomic mass is 10.4. The van der Waals surface area contributed by atoms with E-state index in [9.17, 15) is 13.2 Å². The minimum atomic E-state index is -4.25. The maximum atomic E-state index is 11.9. The number of hydrogen-bond acceptors (Lipinski definition) is 2. The van der Waals surface area contributed by atoms with Gasteiger partial charge in [-0.25, -0.2) is 0 Å². The van der Waals surface area contributed by atoms with Crippen molar-refractivity contribution in [2.24, 2.45) is 0 Å². The van der Waals surface area contributed by atoms with Crippen LogP contribution in [0.4, 0.5) is 13.2 Å². The maximum absolute atomic E-state index is 11.9. The molecule has 0 aliphatic carbocycles. The largest absolute Gasteiger partial charge is 0.414 e. The lowest BCUT2D eigenvalue weighted by molar-refractivity contribution is -0.213. The Balaban J connectivity index is 3.32. The predicted octanol–water partition coefficient (Wildman–Crippen LogP) is 1.95. The molecular formula is C8H16F3NO. The van der Waals surface area contributed by atoms with Gasteiger partial charge in [0.15, 0.2) is 6.10 Å². The van der Waals surface area contributed by atoms with Crippen LogP contribution in [0.5, 0.6) is 0 Å². The van der Waals surface area contributed by atoms with Crippen molar-refractivity contribution in [3.05, 3.63) is 0 Å². The van der Waals surface area contributed by atoms with Crippen LogP contribution in [0, 0.1) is 0 Å². The van der Waals surface area contributed by atoms with Crippen molar-refractivity contribution in [2.75, 3.05) is 19.7 Å². The van der Waals surface area contributed by atoms with Crippen molar-refractivity contribution >= 4 is 0 Å². The summed E-state index contributed by atoms with van der Waals surface area (Å²) < 4.78 is 40.2. The van der Waals surface area contributed by atoms with Crippen LogP contribution < -0.4 is 5.32 Å². The first-order valence-corrected chi connectivity index (χ1v) is 4.37. The van der Waals surface area contributed by atoms with Gasteiger partial charge in [-0.2, -0.15) is 13.2 Å². The number of nitrogens with one attached hydrogen (secondary N) is 1. The third kappa shape index (κ3) is 6.83. The summed E-state index contributed by atoms with van der Waals surface area (Å²) in [5.74, 6) is 0. The van der Waals surface area contributed by atoms with Crippen LogP contribution in [0.15, 0.2) is 0 Å². The highest BCUT2D eigenvalue weighted by Crippen LogP contribution is 2.21. The van der Waals surface area contributed by atoms with E-state index >= 15 is 0 Å². The molecule has 0 aliphatic rings. The molecule has 0 spiro atoms. The molecule has 1 N–H and O–H groups in total. The molecule has 0 aliphatic heterocycles. The highest BCUT2D eigenvalue weighted by Gasteiger charge is 2.36. The topological polar surface area (TPSA) is 21.3 Å². The van der Waals surface area contributed by atoms with E-state index in [1.807, 2.05) is 6.92 Å². The van der Waals surface area contributed by atoms with Gasteiger partial charge in [0, 0.05) is 6.54 Å². The second-order valence-corrected chi connectivity index (χ2v) is 2.80. The molecular weight excluding hydrogens is 183 g/mol. The zero-order chi connectivity index (χ0) is 10.3. The summed E-state index contributed by atoms with van der Waals surface area (Å²) in [5.41, 5.74) is 0. The fourth-order valence-corrected chi connectivity index (χ4v) is 0.704. The normalized spacial score (nSPS) is 14.5. The molecule has 0 heterocycles. The molecule has 0 amide bonds. The first kappa shape index (κ1) is 12.7. The highest BCUT2D eigenvalue weighted by atomic mass is 19.4. The zero-order valence-electron chi connectivity index (χ0n) is 7.95. The van der Waals surface area contributed by atoms with E-state index in [0.717, 1.165) is 19.9 Å². The van der Waals surface area contributed by atoms with Crippen LogP contribution in [0.3, 0.4) is 0 Å². The predicted molar refractivity (Wildman–Crippen MR) is 44.6 cm³/mol. The van der Waals surface area contributed by atoms with E-state index in [4.69, 9.17) is 0 Å². The van der Waals surface area contributed by atoms with Crippen LogP contribution >= 0.6 is 0 Å². The second kappa shape index (κ2) is 6.21. The smallest absolute Gasteiger partial charge is 0.368 e. The van der Waals surface area contributed by atoms with Crippen LogP contribution in [0.1, 0.15) is 20.3 Å². The van der Waals surface area contributed by atoms with Crippen molar-refractivity contribution in [1.82, 2.24) is 5.32 Å². The van der Waals surface area contributed by atoms with Crippen LogP contribution in [-0.2, 0) is 4.74 Å².